The van der Waals surface area contributed by atoms with E-state index in [0.29, 0.717) is 11.6 Å². The van der Waals surface area contributed by atoms with Gasteiger partial charge in [0, 0.05) is 29.4 Å². The van der Waals surface area contributed by atoms with Gasteiger partial charge in [0.05, 0.1) is 0 Å². The second-order valence-electron chi connectivity index (χ2n) is 3.55. The molecular formula is C12H9N3O. The predicted molar refractivity (Wildman–Crippen MR) is 61.7 cm³/mol. The van der Waals surface area contributed by atoms with Crippen molar-refractivity contribution in [2.75, 3.05) is 5.73 Å². The summed E-state index contributed by atoms with van der Waals surface area (Å²) in [5.74, 6) is 1.07. The molecule has 0 spiro atoms. The van der Waals surface area contributed by atoms with Crippen molar-refractivity contribution in [3.8, 4) is 11.3 Å². The van der Waals surface area contributed by atoms with Gasteiger partial charge in [-0.1, -0.05) is 17.3 Å². The molecule has 16 heavy (non-hydrogen) atoms. The lowest BCUT2D eigenvalue weighted by atomic mass is 10.1. The molecule has 0 aliphatic rings. The molecular weight excluding hydrogens is 202 g/mol. The van der Waals surface area contributed by atoms with E-state index in [1.54, 1.807) is 12.3 Å². The minimum absolute atomic E-state index is 0.393. The fraction of sp³-hybridized carbons (Fsp3) is 0. The number of nitrogens with zero attached hydrogens (tertiary/aromatic N) is 2. The van der Waals surface area contributed by atoms with Crippen molar-refractivity contribution in [2.24, 2.45) is 0 Å². The Kier molecular flexibility index (Phi) is 1.86. The van der Waals surface area contributed by atoms with Crippen LogP contribution in [-0.4, -0.2) is 10.1 Å². The molecule has 0 radical (unpaired) electrons. The van der Waals surface area contributed by atoms with Crippen LogP contribution >= 0.6 is 0 Å². The van der Waals surface area contributed by atoms with Crippen molar-refractivity contribution in [1.82, 2.24) is 10.1 Å². The fourth-order valence-corrected chi connectivity index (χ4v) is 1.66. The van der Waals surface area contributed by atoms with Gasteiger partial charge in [-0.2, -0.15) is 0 Å². The van der Waals surface area contributed by atoms with Gasteiger partial charge in [-0.25, -0.2) is 0 Å². The van der Waals surface area contributed by atoms with Gasteiger partial charge in [-0.3, -0.25) is 4.98 Å². The lowest BCUT2D eigenvalue weighted by molar-refractivity contribution is 0.436. The first-order valence-electron chi connectivity index (χ1n) is 4.89. The second kappa shape index (κ2) is 3.34. The molecule has 3 aromatic rings. The Hall–Kier alpha value is -2.36. The van der Waals surface area contributed by atoms with E-state index >= 15 is 0 Å². The van der Waals surface area contributed by atoms with Gasteiger partial charge < -0.3 is 10.3 Å². The molecule has 0 bridgehead atoms. The van der Waals surface area contributed by atoms with E-state index in [9.17, 15) is 0 Å². The van der Waals surface area contributed by atoms with Crippen molar-refractivity contribution in [2.45, 2.75) is 0 Å². The number of aromatic nitrogens is 2. The van der Waals surface area contributed by atoms with Crippen LogP contribution in [0.2, 0.25) is 0 Å². The number of hydrogen-bond donors (Lipinski definition) is 1. The molecule has 78 valence electrons. The normalized spacial score (nSPS) is 10.8. The van der Waals surface area contributed by atoms with E-state index in [1.807, 2.05) is 30.5 Å². The highest BCUT2D eigenvalue weighted by atomic mass is 16.5. The van der Waals surface area contributed by atoms with Crippen LogP contribution in [0, 0.1) is 0 Å². The molecule has 0 saturated carbocycles. The number of rotatable bonds is 1. The first kappa shape index (κ1) is 8.91. The molecule has 0 atom stereocenters. The summed E-state index contributed by atoms with van der Waals surface area (Å²) in [6.45, 7) is 0. The van der Waals surface area contributed by atoms with Crippen molar-refractivity contribution in [1.29, 1.82) is 0 Å². The summed E-state index contributed by atoms with van der Waals surface area (Å²) in [5, 5.41) is 5.87. The van der Waals surface area contributed by atoms with Gasteiger partial charge in [-0.05, 0) is 17.5 Å². The Bertz CT molecular complexity index is 645. The monoisotopic (exact) mass is 211 g/mol. The summed E-state index contributed by atoms with van der Waals surface area (Å²) in [6.07, 6.45) is 3.59. The van der Waals surface area contributed by atoms with Gasteiger partial charge in [-0.15, -0.1) is 0 Å². The Morgan fingerprint density at radius 1 is 1.06 bits per heavy atom. The molecule has 0 amide bonds. The van der Waals surface area contributed by atoms with E-state index in [1.165, 1.54) is 0 Å². The van der Waals surface area contributed by atoms with E-state index < -0.39 is 0 Å². The molecule has 3 rings (SSSR count). The van der Waals surface area contributed by atoms with E-state index in [4.69, 9.17) is 10.3 Å². The third-order valence-electron chi connectivity index (χ3n) is 2.45. The molecule has 0 aliphatic carbocycles. The zero-order chi connectivity index (χ0) is 11.0. The van der Waals surface area contributed by atoms with E-state index in [0.717, 1.165) is 16.3 Å². The van der Waals surface area contributed by atoms with Gasteiger partial charge in [0.1, 0.15) is 0 Å². The maximum atomic E-state index is 5.51. The van der Waals surface area contributed by atoms with Crippen LogP contribution in [0.25, 0.3) is 22.1 Å². The van der Waals surface area contributed by atoms with Crippen molar-refractivity contribution in [3.05, 3.63) is 42.7 Å². The maximum Gasteiger partial charge on any atom is 0.169 e. The zero-order valence-corrected chi connectivity index (χ0v) is 8.42. The maximum absolute atomic E-state index is 5.51. The molecule has 0 aliphatic heterocycles. The summed E-state index contributed by atoms with van der Waals surface area (Å²) in [4.78, 5) is 4.06. The number of nitrogen functional groups attached to an aromatic ring is 1. The van der Waals surface area contributed by atoms with Gasteiger partial charge in [0.15, 0.2) is 11.6 Å². The quantitative estimate of drug-likeness (QED) is 0.671. The van der Waals surface area contributed by atoms with E-state index in [2.05, 4.69) is 10.1 Å². The molecule has 1 aromatic carbocycles. The molecule has 4 heteroatoms. The number of hydrogen-bond acceptors (Lipinski definition) is 4. The third kappa shape index (κ3) is 1.40. The molecule has 4 nitrogen and oxygen atoms in total. The summed E-state index contributed by atoms with van der Waals surface area (Å²) in [7, 11) is 0. The van der Waals surface area contributed by atoms with Gasteiger partial charge >= 0.3 is 0 Å². The Balaban J connectivity index is 2.18. The minimum Gasteiger partial charge on any atom is -0.381 e. The van der Waals surface area contributed by atoms with Crippen LogP contribution in [0.5, 0.6) is 0 Å². The topological polar surface area (TPSA) is 64.9 Å². The first-order valence-corrected chi connectivity index (χ1v) is 4.89. The summed E-state index contributed by atoms with van der Waals surface area (Å²) >= 11 is 0. The molecule has 2 heterocycles. The van der Waals surface area contributed by atoms with E-state index in [-0.39, 0.29) is 0 Å². The van der Waals surface area contributed by atoms with Crippen LogP contribution in [0.1, 0.15) is 0 Å². The average Bonchev–Trinajstić information content (AvgIpc) is 2.75. The largest absolute Gasteiger partial charge is 0.381 e. The highest BCUT2D eigenvalue weighted by molar-refractivity contribution is 5.85. The first-order chi connectivity index (χ1) is 7.83. The highest BCUT2D eigenvalue weighted by Crippen LogP contribution is 2.24. The van der Waals surface area contributed by atoms with Crippen LogP contribution in [0.15, 0.2) is 47.2 Å². The predicted octanol–water partition coefficient (Wildman–Crippen LogP) is 2.47. The summed E-state index contributed by atoms with van der Waals surface area (Å²) < 4.78 is 5.11. The smallest absolute Gasteiger partial charge is 0.169 e. The highest BCUT2D eigenvalue weighted by Gasteiger charge is 2.05. The van der Waals surface area contributed by atoms with Crippen molar-refractivity contribution >= 4 is 16.6 Å². The summed E-state index contributed by atoms with van der Waals surface area (Å²) in [6, 6.07) is 9.65. The number of benzene rings is 1. The van der Waals surface area contributed by atoms with Gasteiger partial charge in [0.25, 0.3) is 0 Å². The molecule has 2 N–H and O–H groups in total. The van der Waals surface area contributed by atoms with Gasteiger partial charge in [0.2, 0.25) is 0 Å². The lowest BCUT2D eigenvalue weighted by Gasteiger charge is -1.99. The number of nitrogens with two attached hydrogens (primary N) is 1. The summed E-state index contributed by atoms with van der Waals surface area (Å²) in [5.41, 5.74) is 6.47. The van der Waals surface area contributed by atoms with Crippen molar-refractivity contribution in [3.63, 3.8) is 0 Å². The van der Waals surface area contributed by atoms with Crippen LogP contribution in [0.3, 0.4) is 0 Å². The molecule has 0 unspecified atom stereocenters. The molecule has 0 fully saturated rings. The Labute approximate surface area is 91.7 Å². The number of pyridine rings is 1. The fourth-order valence-electron chi connectivity index (χ4n) is 1.66. The van der Waals surface area contributed by atoms with Crippen LogP contribution < -0.4 is 5.73 Å². The number of fused-ring (bicyclic) bond motifs is 1. The molecule has 2 aromatic heterocycles. The Morgan fingerprint density at radius 2 is 2.00 bits per heavy atom. The standard InChI is InChI=1S/C12H9N3O/c13-12-6-11(16-15-12)9-1-2-10-7-14-4-3-8(10)5-9/h1-7H,(H2,13,15). The number of anilines is 1. The second-order valence-corrected chi connectivity index (χ2v) is 3.55. The average molecular weight is 211 g/mol. The van der Waals surface area contributed by atoms with Crippen molar-refractivity contribution < 1.29 is 4.52 Å². The minimum atomic E-state index is 0.393. The SMILES string of the molecule is Nc1cc(-c2ccc3cnccc3c2)on1. The third-order valence-corrected chi connectivity index (χ3v) is 2.45. The zero-order valence-electron chi connectivity index (χ0n) is 8.42. The Morgan fingerprint density at radius 3 is 2.81 bits per heavy atom. The van der Waals surface area contributed by atoms with Crippen LogP contribution in [-0.2, 0) is 0 Å². The molecule has 0 saturated heterocycles. The lowest BCUT2D eigenvalue weighted by Crippen LogP contribution is -1.80. The van der Waals surface area contributed by atoms with Crippen LogP contribution in [0.4, 0.5) is 5.82 Å².